The third-order valence-electron chi connectivity index (χ3n) is 6.97. The highest BCUT2D eigenvalue weighted by atomic mass is 16.2. The van der Waals surface area contributed by atoms with Crippen LogP contribution in [-0.2, 0) is 30.2 Å². The van der Waals surface area contributed by atoms with Crippen molar-refractivity contribution in [3.8, 4) is 0 Å². The zero-order valence-corrected chi connectivity index (χ0v) is 17.6. The lowest BCUT2D eigenvalue weighted by atomic mass is 9.78. The molecule has 28 heavy (non-hydrogen) atoms. The van der Waals surface area contributed by atoms with Crippen molar-refractivity contribution in [2.24, 2.45) is 7.05 Å². The number of imidazole rings is 1. The van der Waals surface area contributed by atoms with Gasteiger partial charge >= 0.3 is 0 Å². The number of nitrogens with zero attached hydrogens (tertiary/aromatic N) is 5. The van der Waals surface area contributed by atoms with Crippen LogP contribution in [0.4, 0.5) is 0 Å². The number of aromatic amines is 1. The van der Waals surface area contributed by atoms with Crippen molar-refractivity contribution in [1.82, 2.24) is 29.5 Å². The molecule has 1 spiro atoms. The molecule has 1 saturated heterocycles. The smallest absolute Gasteiger partial charge is 0.222 e. The van der Waals surface area contributed by atoms with E-state index in [0.717, 1.165) is 63.3 Å². The minimum atomic E-state index is -0.00433. The van der Waals surface area contributed by atoms with Crippen LogP contribution in [0.25, 0.3) is 0 Å². The molecule has 0 saturated carbocycles. The molecule has 2 aromatic rings. The van der Waals surface area contributed by atoms with E-state index in [2.05, 4.69) is 38.7 Å². The highest BCUT2D eigenvalue weighted by Gasteiger charge is 2.46. The summed E-state index contributed by atoms with van der Waals surface area (Å²) in [5.74, 6) is 0.263. The number of rotatable bonds is 4. The number of amides is 1. The monoisotopic (exact) mass is 384 g/mol. The Bertz CT molecular complexity index is 858. The Hall–Kier alpha value is -2.15. The summed E-state index contributed by atoms with van der Waals surface area (Å²) in [4.78, 5) is 25.5. The van der Waals surface area contributed by atoms with Crippen LogP contribution in [0.3, 0.4) is 0 Å². The molecular weight excluding hydrogens is 352 g/mol. The van der Waals surface area contributed by atoms with Crippen LogP contribution >= 0.6 is 0 Å². The number of hydrogen-bond acceptors (Lipinski definition) is 4. The Morgan fingerprint density at radius 2 is 2.00 bits per heavy atom. The van der Waals surface area contributed by atoms with Crippen molar-refractivity contribution >= 4 is 5.91 Å². The largest absolute Gasteiger partial charge is 0.348 e. The summed E-state index contributed by atoms with van der Waals surface area (Å²) in [5, 5.41) is 4.47. The maximum Gasteiger partial charge on any atom is 0.222 e. The Morgan fingerprint density at radius 1 is 1.25 bits per heavy atom. The number of likely N-dealkylation sites (tertiary alicyclic amines) is 1. The summed E-state index contributed by atoms with van der Waals surface area (Å²) in [5.41, 5.74) is 5.92. The van der Waals surface area contributed by atoms with Crippen LogP contribution in [0, 0.1) is 13.8 Å². The molecule has 7 heteroatoms. The summed E-state index contributed by atoms with van der Waals surface area (Å²) < 4.78 is 1.91. The van der Waals surface area contributed by atoms with Gasteiger partial charge in [0.2, 0.25) is 5.91 Å². The van der Waals surface area contributed by atoms with Gasteiger partial charge in [-0.3, -0.25) is 14.4 Å². The van der Waals surface area contributed by atoms with Crippen molar-refractivity contribution in [3.63, 3.8) is 0 Å². The minimum absolute atomic E-state index is 0.00433. The molecule has 1 fully saturated rings. The molecule has 0 radical (unpaired) electrons. The van der Waals surface area contributed by atoms with E-state index < -0.39 is 0 Å². The number of aryl methyl sites for hydroxylation is 2. The number of aromatic nitrogens is 4. The predicted octanol–water partition coefficient (Wildman–Crippen LogP) is 2.09. The molecule has 4 heterocycles. The lowest BCUT2D eigenvalue weighted by Crippen LogP contribution is -2.57. The SMILES string of the molecule is CCN1CCc2[nH]cnc2C12CCN(C(=O)CCc1c(C)nn(C)c1C)CC2. The number of carbonyl (C=O) groups excluding carboxylic acids is 1. The summed E-state index contributed by atoms with van der Waals surface area (Å²) >= 11 is 0. The average Bonchev–Trinajstić information content (AvgIpc) is 3.27. The summed E-state index contributed by atoms with van der Waals surface area (Å²) in [6.07, 6.45) is 6.14. The zero-order valence-electron chi connectivity index (χ0n) is 17.6. The topological polar surface area (TPSA) is 70.1 Å². The van der Waals surface area contributed by atoms with Crippen molar-refractivity contribution in [1.29, 1.82) is 0 Å². The van der Waals surface area contributed by atoms with Gasteiger partial charge in [0.25, 0.3) is 0 Å². The van der Waals surface area contributed by atoms with Gasteiger partial charge in [-0.05, 0) is 45.2 Å². The molecule has 152 valence electrons. The van der Waals surface area contributed by atoms with Crippen LogP contribution in [0.15, 0.2) is 6.33 Å². The standard InChI is InChI=1S/C21H32N6O/c1-5-27-11-8-18-20(23-14-22-18)21(27)9-12-26(13-10-21)19(28)7-6-17-15(2)24-25(4)16(17)3/h14H,5-13H2,1-4H3,(H,22,23). The van der Waals surface area contributed by atoms with Gasteiger partial charge in [-0.25, -0.2) is 4.98 Å². The fourth-order valence-corrected chi connectivity index (χ4v) is 5.23. The molecule has 0 atom stereocenters. The molecule has 0 bridgehead atoms. The molecule has 0 aromatic carbocycles. The van der Waals surface area contributed by atoms with E-state index in [9.17, 15) is 4.79 Å². The quantitative estimate of drug-likeness (QED) is 0.876. The summed E-state index contributed by atoms with van der Waals surface area (Å²) in [6, 6.07) is 0. The van der Waals surface area contributed by atoms with Crippen LogP contribution in [0.2, 0.25) is 0 Å². The molecule has 0 aliphatic carbocycles. The van der Waals surface area contributed by atoms with Crippen molar-refractivity contribution in [2.45, 2.75) is 58.4 Å². The average molecular weight is 385 g/mol. The Balaban J connectivity index is 1.42. The molecule has 2 aromatic heterocycles. The second kappa shape index (κ2) is 7.35. The van der Waals surface area contributed by atoms with E-state index in [4.69, 9.17) is 0 Å². The van der Waals surface area contributed by atoms with E-state index in [-0.39, 0.29) is 11.4 Å². The van der Waals surface area contributed by atoms with Crippen LogP contribution < -0.4 is 0 Å². The third-order valence-corrected chi connectivity index (χ3v) is 6.97. The highest BCUT2D eigenvalue weighted by Crippen LogP contribution is 2.42. The van der Waals surface area contributed by atoms with E-state index in [1.54, 1.807) is 0 Å². The van der Waals surface area contributed by atoms with Crippen LogP contribution in [0.5, 0.6) is 0 Å². The van der Waals surface area contributed by atoms with Crippen LogP contribution in [0.1, 0.15) is 54.5 Å². The molecule has 2 aliphatic heterocycles. The highest BCUT2D eigenvalue weighted by molar-refractivity contribution is 5.76. The van der Waals surface area contributed by atoms with Gasteiger partial charge in [0.05, 0.1) is 23.3 Å². The molecule has 7 nitrogen and oxygen atoms in total. The Kier molecular flexibility index (Phi) is 5.04. The fraction of sp³-hybridized carbons (Fsp3) is 0.667. The van der Waals surface area contributed by atoms with Gasteiger partial charge in [-0.15, -0.1) is 0 Å². The van der Waals surface area contributed by atoms with Gasteiger partial charge in [0.1, 0.15) is 0 Å². The van der Waals surface area contributed by atoms with Gasteiger partial charge in [0.15, 0.2) is 0 Å². The summed E-state index contributed by atoms with van der Waals surface area (Å²) in [7, 11) is 1.96. The first-order valence-electron chi connectivity index (χ1n) is 10.5. The number of piperidine rings is 1. The normalized spacial score (nSPS) is 19.2. The maximum absolute atomic E-state index is 12.9. The van der Waals surface area contributed by atoms with Gasteiger partial charge in [-0.2, -0.15) is 5.10 Å². The number of nitrogens with one attached hydrogen (secondary N) is 1. The number of hydrogen-bond donors (Lipinski definition) is 1. The van der Waals surface area contributed by atoms with Crippen LogP contribution in [-0.4, -0.2) is 61.6 Å². The van der Waals surface area contributed by atoms with E-state index in [0.29, 0.717) is 6.42 Å². The number of fused-ring (bicyclic) bond motifs is 2. The molecule has 1 N–H and O–H groups in total. The number of H-pyrrole nitrogens is 1. The first-order valence-corrected chi connectivity index (χ1v) is 10.5. The molecule has 0 unspecified atom stereocenters. The summed E-state index contributed by atoms with van der Waals surface area (Å²) in [6.45, 7) is 10.1. The predicted molar refractivity (Wildman–Crippen MR) is 108 cm³/mol. The fourth-order valence-electron chi connectivity index (χ4n) is 5.23. The Morgan fingerprint density at radius 3 is 2.64 bits per heavy atom. The van der Waals surface area contributed by atoms with Gasteiger partial charge in [0, 0.05) is 50.9 Å². The van der Waals surface area contributed by atoms with Crippen molar-refractivity contribution < 1.29 is 4.79 Å². The first kappa shape index (κ1) is 19.2. The Labute approximate surface area is 167 Å². The van der Waals surface area contributed by atoms with E-state index in [1.165, 1.54) is 17.0 Å². The van der Waals surface area contributed by atoms with E-state index in [1.807, 2.05) is 25.0 Å². The molecule has 1 amide bonds. The lowest BCUT2D eigenvalue weighted by Gasteiger charge is -2.50. The second-order valence-electron chi connectivity index (χ2n) is 8.24. The van der Waals surface area contributed by atoms with Gasteiger partial charge in [-0.1, -0.05) is 6.92 Å². The van der Waals surface area contributed by atoms with Crippen molar-refractivity contribution in [2.75, 3.05) is 26.2 Å². The number of carbonyl (C=O) groups is 1. The molecular formula is C21H32N6O. The second-order valence-corrected chi connectivity index (χ2v) is 8.24. The maximum atomic E-state index is 12.9. The lowest BCUT2D eigenvalue weighted by molar-refractivity contribution is -0.134. The third kappa shape index (κ3) is 3.05. The zero-order chi connectivity index (χ0) is 19.9. The van der Waals surface area contributed by atoms with Crippen molar-refractivity contribution in [3.05, 3.63) is 34.7 Å². The molecule has 4 rings (SSSR count). The number of likely N-dealkylation sites (N-methyl/N-ethyl adjacent to an activating group) is 1. The van der Waals surface area contributed by atoms with E-state index >= 15 is 0 Å². The first-order chi connectivity index (χ1) is 13.5. The molecule has 2 aliphatic rings. The van der Waals surface area contributed by atoms with Gasteiger partial charge < -0.3 is 9.88 Å². The minimum Gasteiger partial charge on any atom is -0.348 e.